The lowest BCUT2D eigenvalue weighted by Gasteiger charge is -2.07. The minimum Gasteiger partial charge on any atom is -0.351 e. The third kappa shape index (κ3) is 4.22. The number of nitrogens with zero attached hydrogens (tertiary/aromatic N) is 2. The Balaban J connectivity index is 1.45. The zero-order valence-electron chi connectivity index (χ0n) is 16.2. The third-order valence-electron chi connectivity index (χ3n) is 4.73. The zero-order valence-corrected chi connectivity index (χ0v) is 17.8. The van der Waals surface area contributed by atoms with Gasteiger partial charge in [0.15, 0.2) is 0 Å². The largest absolute Gasteiger partial charge is 0.351 e. The lowest BCUT2D eigenvalue weighted by atomic mass is 10.2. The van der Waals surface area contributed by atoms with Crippen molar-refractivity contribution in [1.82, 2.24) is 14.9 Å². The minimum atomic E-state index is -0.271. The zero-order chi connectivity index (χ0) is 21.1. The summed E-state index contributed by atoms with van der Waals surface area (Å²) in [5.41, 5.74) is 2.78. The number of halogens is 1. The summed E-state index contributed by atoms with van der Waals surface area (Å²) >= 11 is 7.52. The highest BCUT2D eigenvalue weighted by Gasteiger charge is 2.13. The molecule has 0 atom stereocenters. The normalized spacial score (nSPS) is 10.9. The van der Waals surface area contributed by atoms with Crippen molar-refractivity contribution in [3.05, 3.63) is 81.3 Å². The molecule has 0 aliphatic rings. The van der Waals surface area contributed by atoms with Crippen LogP contribution in [0.15, 0.2) is 60.0 Å². The van der Waals surface area contributed by atoms with Gasteiger partial charge in [-0.25, -0.2) is 4.98 Å². The van der Waals surface area contributed by atoms with Crippen LogP contribution in [-0.2, 0) is 13.5 Å². The van der Waals surface area contributed by atoms with Gasteiger partial charge in [0.2, 0.25) is 0 Å². The Labute approximate surface area is 182 Å². The van der Waals surface area contributed by atoms with Crippen molar-refractivity contribution in [2.24, 2.45) is 7.05 Å². The number of carbonyl (C=O) groups is 2. The van der Waals surface area contributed by atoms with E-state index in [0.29, 0.717) is 34.1 Å². The highest BCUT2D eigenvalue weighted by molar-refractivity contribution is 7.12. The maximum absolute atomic E-state index is 12.5. The van der Waals surface area contributed by atoms with E-state index >= 15 is 0 Å². The summed E-state index contributed by atoms with van der Waals surface area (Å²) in [5, 5.41) is 8.06. The summed E-state index contributed by atoms with van der Waals surface area (Å²) in [6.45, 7) is 0.490. The number of nitrogens with one attached hydrogen (secondary N) is 2. The molecule has 2 N–H and O–H groups in total. The van der Waals surface area contributed by atoms with E-state index in [1.165, 1.54) is 11.3 Å². The maximum Gasteiger partial charge on any atom is 0.261 e. The summed E-state index contributed by atoms with van der Waals surface area (Å²) < 4.78 is 1.99. The standard InChI is InChI=1S/C22H19ClN4O2S/c1-27-18-9-8-14(25-21(28)15-5-2-3-6-16(15)23)13-17(18)26-20(27)10-11-24-22(29)19-7-4-12-30-19/h2-9,12-13H,10-11H2,1H3,(H,24,29)(H,25,28). The van der Waals surface area contributed by atoms with Gasteiger partial charge in [-0.15, -0.1) is 11.3 Å². The SMILES string of the molecule is Cn1c(CCNC(=O)c2cccs2)nc2cc(NC(=O)c3ccccc3Cl)ccc21. The molecule has 0 aliphatic heterocycles. The summed E-state index contributed by atoms with van der Waals surface area (Å²) in [5.74, 6) is 0.506. The summed E-state index contributed by atoms with van der Waals surface area (Å²) in [6.07, 6.45) is 0.601. The molecule has 0 aliphatic carbocycles. The van der Waals surface area contributed by atoms with Crippen molar-refractivity contribution in [1.29, 1.82) is 0 Å². The van der Waals surface area contributed by atoms with Crippen LogP contribution in [0.25, 0.3) is 11.0 Å². The molecular weight excluding hydrogens is 420 g/mol. The molecule has 6 nitrogen and oxygen atoms in total. The minimum absolute atomic E-state index is 0.0756. The van der Waals surface area contributed by atoms with Gasteiger partial charge >= 0.3 is 0 Å². The molecule has 0 unspecified atom stereocenters. The van der Waals surface area contributed by atoms with Gasteiger partial charge in [-0.05, 0) is 41.8 Å². The second-order valence-electron chi connectivity index (χ2n) is 6.71. The van der Waals surface area contributed by atoms with Gasteiger partial charge in [0, 0.05) is 25.7 Å². The fourth-order valence-electron chi connectivity index (χ4n) is 3.18. The van der Waals surface area contributed by atoms with Crippen LogP contribution < -0.4 is 10.6 Å². The van der Waals surface area contributed by atoms with E-state index < -0.39 is 0 Å². The number of benzene rings is 2. The Bertz CT molecular complexity index is 1220. The first-order valence-electron chi connectivity index (χ1n) is 9.36. The van der Waals surface area contributed by atoms with E-state index in [1.54, 1.807) is 30.3 Å². The highest BCUT2D eigenvalue weighted by Crippen LogP contribution is 2.22. The van der Waals surface area contributed by atoms with Crippen LogP contribution in [0.1, 0.15) is 25.9 Å². The van der Waals surface area contributed by atoms with Gasteiger partial charge in [0.05, 0.1) is 26.5 Å². The van der Waals surface area contributed by atoms with Crippen LogP contribution in [-0.4, -0.2) is 27.9 Å². The first kappa shape index (κ1) is 20.1. The second kappa shape index (κ2) is 8.69. The average molecular weight is 439 g/mol. The number of hydrogen-bond donors (Lipinski definition) is 2. The fraction of sp³-hybridized carbons (Fsp3) is 0.136. The van der Waals surface area contributed by atoms with Crippen molar-refractivity contribution >= 4 is 51.5 Å². The third-order valence-corrected chi connectivity index (χ3v) is 5.93. The summed E-state index contributed by atoms with van der Waals surface area (Å²) in [6, 6.07) is 16.1. The van der Waals surface area contributed by atoms with E-state index in [4.69, 9.17) is 11.6 Å². The number of carbonyl (C=O) groups excluding carboxylic acids is 2. The molecule has 0 bridgehead atoms. The Morgan fingerprint density at radius 3 is 2.70 bits per heavy atom. The molecule has 0 spiro atoms. The molecule has 8 heteroatoms. The number of fused-ring (bicyclic) bond motifs is 1. The molecule has 0 saturated carbocycles. The number of aryl methyl sites for hydroxylation is 1. The smallest absolute Gasteiger partial charge is 0.261 e. The van der Waals surface area contributed by atoms with Crippen molar-refractivity contribution < 1.29 is 9.59 Å². The molecule has 30 heavy (non-hydrogen) atoms. The lowest BCUT2D eigenvalue weighted by Crippen LogP contribution is -2.25. The van der Waals surface area contributed by atoms with E-state index in [9.17, 15) is 9.59 Å². The van der Waals surface area contributed by atoms with Gasteiger partial charge in [0.1, 0.15) is 5.82 Å². The van der Waals surface area contributed by atoms with E-state index in [1.807, 2.05) is 41.3 Å². The highest BCUT2D eigenvalue weighted by atomic mass is 35.5. The number of amides is 2. The van der Waals surface area contributed by atoms with E-state index in [0.717, 1.165) is 16.9 Å². The van der Waals surface area contributed by atoms with Gasteiger partial charge in [-0.2, -0.15) is 0 Å². The monoisotopic (exact) mass is 438 g/mol. The topological polar surface area (TPSA) is 76.0 Å². The van der Waals surface area contributed by atoms with Crippen molar-refractivity contribution in [2.45, 2.75) is 6.42 Å². The van der Waals surface area contributed by atoms with Crippen molar-refractivity contribution in [2.75, 3.05) is 11.9 Å². The van der Waals surface area contributed by atoms with Gasteiger partial charge < -0.3 is 15.2 Å². The molecule has 2 aromatic heterocycles. The number of imidazole rings is 1. The van der Waals surface area contributed by atoms with Gasteiger partial charge in [-0.3, -0.25) is 9.59 Å². The van der Waals surface area contributed by atoms with Crippen molar-refractivity contribution in [3.63, 3.8) is 0 Å². The van der Waals surface area contributed by atoms with E-state index in [-0.39, 0.29) is 11.8 Å². The van der Waals surface area contributed by atoms with Crippen LogP contribution in [0, 0.1) is 0 Å². The number of rotatable bonds is 6. The van der Waals surface area contributed by atoms with Crippen LogP contribution in [0.2, 0.25) is 5.02 Å². The van der Waals surface area contributed by atoms with Crippen molar-refractivity contribution in [3.8, 4) is 0 Å². The fourth-order valence-corrected chi connectivity index (χ4v) is 4.04. The number of aromatic nitrogens is 2. The lowest BCUT2D eigenvalue weighted by molar-refractivity contribution is 0.0957. The average Bonchev–Trinajstić information content (AvgIpc) is 3.37. The Kier molecular flexibility index (Phi) is 5.83. The molecule has 0 radical (unpaired) electrons. The van der Waals surface area contributed by atoms with Gasteiger partial charge in [0.25, 0.3) is 11.8 Å². The molecular formula is C22H19ClN4O2S. The number of thiophene rings is 1. The summed E-state index contributed by atoms with van der Waals surface area (Å²) in [7, 11) is 1.94. The quantitative estimate of drug-likeness (QED) is 0.465. The van der Waals surface area contributed by atoms with Crippen LogP contribution in [0.3, 0.4) is 0 Å². The van der Waals surface area contributed by atoms with Crippen LogP contribution in [0.4, 0.5) is 5.69 Å². The summed E-state index contributed by atoms with van der Waals surface area (Å²) in [4.78, 5) is 29.9. The predicted molar refractivity (Wildman–Crippen MR) is 120 cm³/mol. The van der Waals surface area contributed by atoms with E-state index in [2.05, 4.69) is 15.6 Å². The maximum atomic E-state index is 12.5. The molecule has 152 valence electrons. The second-order valence-corrected chi connectivity index (χ2v) is 8.06. The molecule has 4 aromatic rings. The molecule has 2 amide bonds. The number of anilines is 1. The molecule has 0 fully saturated rings. The van der Waals surface area contributed by atoms with Crippen LogP contribution >= 0.6 is 22.9 Å². The predicted octanol–water partition coefficient (Wildman–Crippen LogP) is 4.51. The number of hydrogen-bond acceptors (Lipinski definition) is 4. The molecule has 4 rings (SSSR count). The molecule has 2 aromatic carbocycles. The molecule has 2 heterocycles. The van der Waals surface area contributed by atoms with Gasteiger partial charge in [-0.1, -0.05) is 29.8 Å². The molecule has 0 saturated heterocycles. The Morgan fingerprint density at radius 2 is 1.93 bits per heavy atom. The first-order chi connectivity index (χ1) is 14.5. The Hall–Kier alpha value is -3.16. The van der Waals surface area contributed by atoms with Crippen LogP contribution in [0.5, 0.6) is 0 Å². The Morgan fingerprint density at radius 1 is 1.10 bits per heavy atom. The first-order valence-corrected chi connectivity index (χ1v) is 10.6.